The summed E-state index contributed by atoms with van der Waals surface area (Å²) in [5.41, 5.74) is 12.1. The van der Waals surface area contributed by atoms with Gasteiger partial charge in [0.2, 0.25) is 0 Å². The number of imidazole rings is 1. The molecule has 0 fully saturated rings. The quantitative estimate of drug-likeness (QED) is 0.199. The van der Waals surface area contributed by atoms with Gasteiger partial charge in [-0.2, -0.15) is 0 Å². The minimum Gasteiger partial charge on any atom is -0.292 e. The lowest BCUT2D eigenvalue weighted by atomic mass is 9.88. The summed E-state index contributed by atoms with van der Waals surface area (Å²) in [6.07, 6.45) is 0. The van der Waals surface area contributed by atoms with E-state index >= 15 is 0 Å². The molecule has 210 valence electrons. The zero-order valence-corrected chi connectivity index (χ0v) is 25.3. The Morgan fingerprint density at radius 1 is 0.465 bits per heavy atom. The molecule has 6 aromatic carbocycles. The Morgan fingerprint density at radius 2 is 1.07 bits per heavy atom. The monoisotopic (exact) mass is 556 g/mol. The van der Waals surface area contributed by atoms with Crippen molar-refractivity contribution >= 4 is 21.8 Å². The van der Waals surface area contributed by atoms with E-state index in [1.165, 1.54) is 49.8 Å². The third kappa shape index (κ3) is 4.93. The molecule has 0 saturated carbocycles. The first kappa shape index (κ1) is 26.9. The van der Waals surface area contributed by atoms with Gasteiger partial charge in [0.05, 0.1) is 16.7 Å². The number of rotatable bonds is 6. The first-order chi connectivity index (χ1) is 21.0. The predicted molar refractivity (Wildman–Crippen MR) is 183 cm³/mol. The molecule has 0 bridgehead atoms. The third-order valence-electron chi connectivity index (χ3n) is 8.51. The highest BCUT2D eigenvalue weighted by Crippen LogP contribution is 2.40. The van der Waals surface area contributed by atoms with E-state index in [9.17, 15) is 0 Å². The second kappa shape index (κ2) is 11.0. The lowest BCUT2D eigenvalue weighted by Crippen LogP contribution is -2.09. The maximum absolute atomic E-state index is 5.29. The summed E-state index contributed by atoms with van der Waals surface area (Å²) in [6, 6.07) is 48.2. The Morgan fingerprint density at radius 3 is 1.81 bits per heavy atom. The molecule has 0 spiro atoms. The van der Waals surface area contributed by atoms with Gasteiger partial charge in [-0.3, -0.25) is 4.57 Å². The van der Waals surface area contributed by atoms with Crippen LogP contribution in [0.25, 0.3) is 61.1 Å². The molecule has 0 saturated heterocycles. The standard InChI is InChI=1S/C41H36N2/c1-27(2)36-25-35(29-13-6-5-7-14-29)26-37(28(3)4)40(36)43-39-20-11-10-19-38(39)42-41(43)34-18-12-17-32(24-34)33-22-21-30-15-8-9-16-31(30)23-33/h5-28H,1-4H3. The Bertz CT molecular complexity index is 2050. The van der Waals surface area contributed by atoms with Gasteiger partial charge in [0.25, 0.3) is 0 Å². The van der Waals surface area contributed by atoms with E-state index in [4.69, 9.17) is 4.98 Å². The molecule has 0 N–H and O–H groups in total. The zero-order valence-electron chi connectivity index (χ0n) is 25.3. The second-order valence-electron chi connectivity index (χ2n) is 12.1. The fourth-order valence-electron chi connectivity index (χ4n) is 6.27. The van der Waals surface area contributed by atoms with E-state index < -0.39 is 0 Å². The zero-order chi connectivity index (χ0) is 29.5. The van der Waals surface area contributed by atoms with Crippen LogP contribution in [0.15, 0.2) is 133 Å². The summed E-state index contributed by atoms with van der Waals surface area (Å²) in [5, 5.41) is 2.50. The van der Waals surface area contributed by atoms with Gasteiger partial charge < -0.3 is 0 Å². The van der Waals surface area contributed by atoms with Crippen molar-refractivity contribution in [2.75, 3.05) is 0 Å². The van der Waals surface area contributed by atoms with Gasteiger partial charge in [-0.1, -0.05) is 125 Å². The van der Waals surface area contributed by atoms with Crippen LogP contribution in [0.1, 0.15) is 50.7 Å². The molecule has 0 radical (unpaired) electrons. The van der Waals surface area contributed by atoms with Crippen LogP contribution in [0.5, 0.6) is 0 Å². The van der Waals surface area contributed by atoms with Crippen LogP contribution in [0.3, 0.4) is 0 Å². The van der Waals surface area contributed by atoms with Gasteiger partial charge >= 0.3 is 0 Å². The van der Waals surface area contributed by atoms with E-state index in [1.807, 2.05) is 0 Å². The minimum atomic E-state index is 0.328. The molecule has 0 aliphatic rings. The van der Waals surface area contributed by atoms with Crippen molar-refractivity contribution < 1.29 is 0 Å². The normalized spacial score (nSPS) is 11.7. The Kier molecular flexibility index (Phi) is 6.91. The molecular formula is C41H36N2. The molecule has 2 nitrogen and oxygen atoms in total. The Hall–Kier alpha value is -4.95. The molecular weight excluding hydrogens is 520 g/mol. The first-order valence-electron chi connectivity index (χ1n) is 15.3. The van der Waals surface area contributed by atoms with Gasteiger partial charge in [0.1, 0.15) is 5.82 Å². The molecule has 0 aliphatic heterocycles. The van der Waals surface area contributed by atoms with Crippen molar-refractivity contribution in [1.29, 1.82) is 0 Å². The summed E-state index contributed by atoms with van der Waals surface area (Å²) in [6.45, 7) is 9.21. The maximum Gasteiger partial charge on any atom is 0.145 e. The van der Waals surface area contributed by atoms with Crippen molar-refractivity contribution in [3.05, 3.63) is 145 Å². The fraction of sp³-hybridized carbons (Fsp3) is 0.146. The average Bonchev–Trinajstić information content (AvgIpc) is 3.43. The lowest BCUT2D eigenvalue weighted by Gasteiger charge is -2.24. The van der Waals surface area contributed by atoms with Gasteiger partial charge in [0, 0.05) is 5.56 Å². The Balaban J connectivity index is 1.48. The molecule has 1 aromatic heterocycles. The smallest absolute Gasteiger partial charge is 0.145 e. The first-order valence-corrected chi connectivity index (χ1v) is 15.3. The van der Waals surface area contributed by atoms with Crippen LogP contribution in [0, 0.1) is 0 Å². The fourth-order valence-corrected chi connectivity index (χ4v) is 6.27. The van der Waals surface area contributed by atoms with Crippen LogP contribution >= 0.6 is 0 Å². The number of aromatic nitrogens is 2. The van der Waals surface area contributed by atoms with Crippen molar-refractivity contribution in [3.63, 3.8) is 0 Å². The summed E-state index contributed by atoms with van der Waals surface area (Å²) in [4.78, 5) is 5.29. The molecule has 0 atom stereocenters. The average molecular weight is 557 g/mol. The maximum atomic E-state index is 5.29. The number of hydrogen-bond acceptors (Lipinski definition) is 1. The van der Waals surface area contributed by atoms with Crippen LogP contribution in [0.2, 0.25) is 0 Å². The summed E-state index contributed by atoms with van der Waals surface area (Å²) < 4.78 is 2.42. The molecule has 7 rings (SSSR count). The van der Waals surface area contributed by atoms with Gasteiger partial charge in [-0.05, 0) is 92.4 Å². The highest BCUT2D eigenvalue weighted by molar-refractivity contribution is 5.89. The summed E-state index contributed by atoms with van der Waals surface area (Å²) in [5.74, 6) is 1.63. The third-order valence-corrected chi connectivity index (χ3v) is 8.51. The van der Waals surface area contributed by atoms with Crippen LogP contribution in [-0.2, 0) is 0 Å². The number of nitrogens with zero attached hydrogens (tertiary/aromatic N) is 2. The van der Waals surface area contributed by atoms with Crippen LogP contribution in [-0.4, -0.2) is 9.55 Å². The van der Waals surface area contributed by atoms with Crippen molar-refractivity contribution in [2.24, 2.45) is 0 Å². The van der Waals surface area contributed by atoms with E-state index in [0.29, 0.717) is 11.8 Å². The molecule has 43 heavy (non-hydrogen) atoms. The van der Waals surface area contributed by atoms with Gasteiger partial charge in [-0.15, -0.1) is 0 Å². The topological polar surface area (TPSA) is 17.8 Å². The highest BCUT2D eigenvalue weighted by Gasteiger charge is 2.23. The molecule has 0 amide bonds. The van der Waals surface area contributed by atoms with Gasteiger partial charge in [-0.25, -0.2) is 4.98 Å². The molecule has 1 heterocycles. The summed E-state index contributed by atoms with van der Waals surface area (Å²) in [7, 11) is 0. The molecule has 2 heteroatoms. The van der Waals surface area contributed by atoms with Crippen LogP contribution in [0.4, 0.5) is 0 Å². The van der Waals surface area contributed by atoms with E-state index in [0.717, 1.165) is 22.4 Å². The predicted octanol–water partition coefficient (Wildman–Crippen LogP) is 11.4. The minimum absolute atomic E-state index is 0.328. The Labute approximate surface area is 254 Å². The lowest BCUT2D eigenvalue weighted by molar-refractivity contribution is 0.811. The van der Waals surface area contributed by atoms with Crippen molar-refractivity contribution in [3.8, 4) is 39.3 Å². The number of benzene rings is 6. The molecule has 0 unspecified atom stereocenters. The number of para-hydroxylation sites is 2. The molecule has 0 aliphatic carbocycles. The second-order valence-corrected chi connectivity index (χ2v) is 12.1. The number of fused-ring (bicyclic) bond motifs is 2. The van der Waals surface area contributed by atoms with Crippen molar-refractivity contribution in [2.45, 2.75) is 39.5 Å². The van der Waals surface area contributed by atoms with Crippen molar-refractivity contribution in [1.82, 2.24) is 9.55 Å². The van der Waals surface area contributed by atoms with E-state index in [-0.39, 0.29) is 0 Å². The van der Waals surface area contributed by atoms with Crippen LogP contribution < -0.4 is 0 Å². The molecule has 7 aromatic rings. The van der Waals surface area contributed by atoms with E-state index in [2.05, 4.69) is 166 Å². The summed E-state index contributed by atoms with van der Waals surface area (Å²) >= 11 is 0. The van der Waals surface area contributed by atoms with E-state index in [1.54, 1.807) is 0 Å². The largest absolute Gasteiger partial charge is 0.292 e. The number of hydrogen-bond donors (Lipinski definition) is 0. The SMILES string of the molecule is CC(C)c1cc(-c2ccccc2)cc(C(C)C)c1-n1c(-c2cccc(-c3ccc4ccccc4c3)c2)nc2ccccc21. The highest BCUT2D eigenvalue weighted by atomic mass is 15.1. The van der Waals surface area contributed by atoms with Gasteiger partial charge in [0.15, 0.2) is 0 Å².